The highest BCUT2D eigenvalue weighted by molar-refractivity contribution is 7.98. The van der Waals surface area contributed by atoms with Crippen LogP contribution in [0.25, 0.3) is 5.69 Å². The van der Waals surface area contributed by atoms with Gasteiger partial charge in [-0.05, 0) is 74.2 Å². The number of nitrogens with zero attached hydrogens (tertiary/aromatic N) is 4. The molecule has 34 heavy (non-hydrogen) atoms. The van der Waals surface area contributed by atoms with Gasteiger partial charge < -0.3 is 4.74 Å². The zero-order valence-electron chi connectivity index (χ0n) is 19.0. The molecule has 0 spiro atoms. The summed E-state index contributed by atoms with van der Waals surface area (Å²) in [6, 6.07) is 13.3. The first-order valence-corrected chi connectivity index (χ1v) is 12.1. The van der Waals surface area contributed by atoms with Crippen molar-refractivity contribution < 1.29 is 13.5 Å². The number of fused-ring (bicyclic) bond motifs is 1. The lowest BCUT2D eigenvalue weighted by Gasteiger charge is -2.36. The van der Waals surface area contributed by atoms with Crippen molar-refractivity contribution in [2.45, 2.75) is 42.5 Å². The number of methoxy groups -OCH3 is 1. The van der Waals surface area contributed by atoms with E-state index in [9.17, 15) is 8.78 Å². The molecule has 0 amide bonds. The second kappa shape index (κ2) is 9.18. The van der Waals surface area contributed by atoms with Gasteiger partial charge >= 0.3 is 0 Å². The molecule has 0 saturated carbocycles. The zero-order chi connectivity index (χ0) is 23.7. The molecule has 5 nitrogen and oxygen atoms in total. The average Bonchev–Trinajstić information content (AvgIpc) is 3.24. The summed E-state index contributed by atoms with van der Waals surface area (Å²) in [5.74, 6) is 0.798. The molecular weight excluding hydrogens is 454 g/mol. The Kier molecular flexibility index (Phi) is 6.08. The molecule has 0 aliphatic heterocycles. The number of aromatic nitrogens is 4. The molecule has 0 saturated heterocycles. The molecule has 0 radical (unpaired) electrons. The SMILES string of the molecule is COc1cc(C2(C)CCCc3nc(SCc4ncccn4)n(-c4ccc(F)cc4)c32)ccc1F. The van der Waals surface area contributed by atoms with E-state index in [0.29, 0.717) is 11.6 Å². The lowest BCUT2D eigenvalue weighted by Crippen LogP contribution is -2.31. The Labute approximate surface area is 201 Å². The molecule has 0 fully saturated rings. The number of imidazole rings is 1. The molecule has 2 aromatic carbocycles. The monoisotopic (exact) mass is 478 g/mol. The van der Waals surface area contributed by atoms with Crippen molar-refractivity contribution >= 4 is 11.8 Å². The molecule has 2 aromatic heterocycles. The summed E-state index contributed by atoms with van der Waals surface area (Å²) in [5, 5.41) is 0.797. The number of rotatable bonds is 6. The van der Waals surface area contributed by atoms with E-state index in [1.54, 1.807) is 48.4 Å². The van der Waals surface area contributed by atoms with Crippen LogP contribution in [-0.2, 0) is 17.6 Å². The normalized spacial score (nSPS) is 17.4. The maximum Gasteiger partial charge on any atom is 0.173 e. The van der Waals surface area contributed by atoms with Gasteiger partial charge in [0.1, 0.15) is 11.6 Å². The zero-order valence-corrected chi connectivity index (χ0v) is 19.8. The third-order valence-corrected chi connectivity index (χ3v) is 7.29. The van der Waals surface area contributed by atoms with Gasteiger partial charge in [0, 0.05) is 23.5 Å². The highest BCUT2D eigenvalue weighted by Crippen LogP contribution is 2.46. The van der Waals surface area contributed by atoms with Gasteiger partial charge in [-0.1, -0.05) is 17.8 Å². The number of aryl methyl sites for hydroxylation is 1. The first-order valence-electron chi connectivity index (χ1n) is 11.1. The maximum absolute atomic E-state index is 14.2. The van der Waals surface area contributed by atoms with E-state index in [4.69, 9.17) is 9.72 Å². The smallest absolute Gasteiger partial charge is 0.173 e. The van der Waals surface area contributed by atoms with Crippen LogP contribution >= 0.6 is 11.8 Å². The van der Waals surface area contributed by atoms with Crippen molar-refractivity contribution in [3.63, 3.8) is 0 Å². The van der Waals surface area contributed by atoms with Crippen LogP contribution in [0.1, 0.15) is 42.5 Å². The number of hydrogen-bond acceptors (Lipinski definition) is 5. The topological polar surface area (TPSA) is 52.8 Å². The van der Waals surface area contributed by atoms with Crippen molar-refractivity contribution in [1.82, 2.24) is 19.5 Å². The van der Waals surface area contributed by atoms with Gasteiger partial charge in [0.25, 0.3) is 0 Å². The molecule has 1 aliphatic rings. The minimum Gasteiger partial charge on any atom is -0.494 e. The number of ether oxygens (including phenoxy) is 1. The Hall–Kier alpha value is -3.26. The van der Waals surface area contributed by atoms with E-state index in [0.717, 1.165) is 47.1 Å². The summed E-state index contributed by atoms with van der Waals surface area (Å²) in [7, 11) is 1.47. The standard InChI is InChI=1S/C26H24F2N4OS/c1-26(17-6-11-20(28)22(15-17)33-2)12-3-5-21-24(26)32(19-9-7-18(27)8-10-19)25(31-21)34-16-23-29-13-4-14-30-23/h4,6-11,13-15H,3,5,12,16H2,1-2H3. The Bertz CT molecular complexity index is 1310. The van der Waals surface area contributed by atoms with E-state index in [2.05, 4.69) is 21.5 Å². The first kappa shape index (κ1) is 22.5. The summed E-state index contributed by atoms with van der Waals surface area (Å²) >= 11 is 1.55. The molecule has 0 N–H and O–H groups in total. The van der Waals surface area contributed by atoms with Crippen LogP contribution in [0.5, 0.6) is 5.75 Å². The van der Waals surface area contributed by atoms with Gasteiger partial charge in [-0.3, -0.25) is 4.57 Å². The van der Waals surface area contributed by atoms with E-state index < -0.39 is 11.2 Å². The summed E-state index contributed by atoms with van der Waals surface area (Å²) < 4.78 is 35.4. The number of benzene rings is 2. The van der Waals surface area contributed by atoms with Crippen LogP contribution in [0.3, 0.4) is 0 Å². The van der Waals surface area contributed by atoms with E-state index in [1.807, 2.05) is 6.07 Å². The van der Waals surface area contributed by atoms with E-state index >= 15 is 0 Å². The van der Waals surface area contributed by atoms with Crippen LogP contribution in [0, 0.1) is 11.6 Å². The second-order valence-electron chi connectivity index (χ2n) is 8.49. The Morgan fingerprint density at radius 1 is 1.09 bits per heavy atom. The fourth-order valence-electron chi connectivity index (χ4n) is 4.65. The van der Waals surface area contributed by atoms with E-state index in [1.165, 1.54) is 25.3 Å². The van der Waals surface area contributed by atoms with Gasteiger partial charge in [0.05, 0.1) is 24.3 Å². The number of halogens is 2. The molecular formula is C26H24F2N4OS. The molecule has 1 aliphatic carbocycles. The molecule has 1 unspecified atom stereocenters. The predicted molar refractivity (Wildman–Crippen MR) is 127 cm³/mol. The first-order chi connectivity index (χ1) is 16.5. The molecule has 2 heterocycles. The third-order valence-electron chi connectivity index (χ3n) is 6.35. The molecule has 4 aromatic rings. The van der Waals surface area contributed by atoms with Crippen molar-refractivity contribution in [3.05, 3.63) is 95.3 Å². The Balaban J connectivity index is 1.66. The molecule has 0 bridgehead atoms. The molecule has 5 rings (SSSR count). The van der Waals surface area contributed by atoms with Crippen molar-refractivity contribution in [2.24, 2.45) is 0 Å². The van der Waals surface area contributed by atoms with Gasteiger partial charge in [-0.15, -0.1) is 0 Å². The van der Waals surface area contributed by atoms with Crippen molar-refractivity contribution in [1.29, 1.82) is 0 Å². The highest BCUT2D eigenvalue weighted by atomic mass is 32.2. The summed E-state index contributed by atoms with van der Waals surface area (Å²) in [4.78, 5) is 13.7. The molecule has 1 atom stereocenters. The highest BCUT2D eigenvalue weighted by Gasteiger charge is 2.40. The third kappa shape index (κ3) is 4.07. The average molecular weight is 479 g/mol. The fraction of sp³-hybridized carbons (Fsp3) is 0.269. The number of hydrogen-bond donors (Lipinski definition) is 0. The molecule has 174 valence electrons. The maximum atomic E-state index is 14.2. The molecule has 8 heteroatoms. The van der Waals surface area contributed by atoms with Gasteiger partial charge in [0.2, 0.25) is 0 Å². The number of thioether (sulfide) groups is 1. The van der Waals surface area contributed by atoms with Gasteiger partial charge in [0.15, 0.2) is 16.7 Å². The Morgan fingerprint density at radius 3 is 2.59 bits per heavy atom. The lowest BCUT2D eigenvalue weighted by atomic mass is 9.71. The quantitative estimate of drug-likeness (QED) is 0.324. The van der Waals surface area contributed by atoms with Crippen LogP contribution in [-0.4, -0.2) is 26.6 Å². The summed E-state index contributed by atoms with van der Waals surface area (Å²) in [6.07, 6.45) is 6.11. The predicted octanol–water partition coefficient (Wildman–Crippen LogP) is 5.88. The van der Waals surface area contributed by atoms with Crippen molar-refractivity contribution in [2.75, 3.05) is 7.11 Å². The lowest BCUT2D eigenvalue weighted by molar-refractivity contribution is 0.381. The van der Waals surface area contributed by atoms with Crippen LogP contribution in [0.2, 0.25) is 0 Å². The largest absolute Gasteiger partial charge is 0.494 e. The second-order valence-corrected chi connectivity index (χ2v) is 9.43. The van der Waals surface area contributed by atoms with Crippen LogP contribution < -0.4 is 4.74 Å². The van der Waals surface area contributed by atoms with Crippen molar-refractivity contribution in [3.8, 4) is 11.4 Å². The Morgan fingerprint density at radius 2 is 1.85 bits per heavy atom. The van der Waals surface area contributed by atoms with E-state index in [-0.39, 0.29) is 11.6 Å². The summed E-state index contributed by atoms with van der Waals surface area (Å²) in [6.45, 7) is 2.16. The summed E-state index contributed by atoms with van der Waals surface area (Å²) in [5.41, 5.74) is 3.39. The minimum absolute atomic E-state index is 0.217. The van der Waals surface area contributed by atoms with Gasteiger partial charge in [-0.2, -0.15) is 0 Å². The van der Waals surface area contributed by atoms with Gasteiger partial charge in [-0.25, -0.2) is 23.7 Å². The van der Waals surface area contributed by atoms with Crippen LogP contribution in [0.4, 0.5) is 8.78 Å². The fourth-order valence-corrected chi connectivity index (χ4v) is 5.56. The van der Waals surface area contributed by atoms with Crippen LogP contribution in [0.15, 0.2) is 66.1 Å². The minimum atomic E-state index is -0.433.